The van der Waals surface area contributed by atoms with Crippen molar-refractivity contribution in [1.29, 1.82) is 0 Å². The van der Waals surface area contributed by atoms with Crippen LogP contribution in [0.4, 0.5) is 11.5 Å². The molecule has 1 heterocycles. The molecule has 0 amide bonds. The van der Waals surface area contributed by atoms with Crippen molar-refractivity contribution < 1.29 is 0 Å². The van der Waals surface area contributed by atoms with Gasteiger partial charge in [-0.15, -0.1) is 0 Å². The van der Waals surface area contributed by atoms with Gasteiger partial charge in [0, 0.05) is 6.04 Å². The lowest BCUT2D eigenvalue weighted by Gasteiger charge is -2.35. The summed E-state index contributed by atoms with van der Waals surface area (Å²) in [5, 5.41) is 3.43. The van der Waals surface area contributed by atoms with Crippen LogP contribution >= 0.6 is 0 Å². The number of nitrogens with zero attached hydrogens (tertiary/aromatic N) is 2. The molecule has 1 aliphatic carbocycles. The predicted molar refractivity (Wildman–Crippen MR) is 66.1 cm³/mol. The Morgan fingerprint density at radius 3 is 3.00 bits per heavy atom. The fourth-order valence-electron chi connectivity index (χ4n) is 2.48. The zero-order chi connectivity index (χ0) is 11.6. The summed E-state index contributed by atoms with van der Waals surface area (Å²) in [4.78, 5) is 8.06. The molecule has 16 heavy (non-hydrogen) atoms. The highest BCUT2D eigenvalue weighted by Gasteiger charge is 2.28. The molecule has 2 rings (SSSR count). The second kappa shape index (κ2) is 4.28. The molecule has 4 nitrogen and oxygen atoms in total. The lowest BCUT2D eigenvalue weighted by Crippen LogP contribution is -2.32. The number of aromatic nitrogens is 2. The smallest absolute Gasteiger partial charge is 0.152 e. The molecule has 1 atom stereocenters. The quantitative estimate of drug-likeness (QED) is 0.803. The average molecular weight is 220 g/mol. The largest absolute Gasteiger partial charge is 0.394 e. The van der Waals surface area contributed by atoms with Gasteiger partial charge >= 0.3 is 0 Å². The van der Waals surface area contributed by atoms with Gasteiger partial charge in [0.2, 0.25) is 0 Å². The van der Waals surface area contributed by atoms with Crippen LogP contribution in [0, 0.1) is 5.41 Å². The molecule has 0 aromatic carbocycles. The van der Waals surface area contributed by atoms with Crippen LogP contribution in [0.5, 0.6) is 0 Å². The molecule has 1 aliphatic rings. The zero-order valence-electron chi connectivity index (χ0n) is 10.0. The van der Waals surface area contributed by atoms with Gasteiger partial charge in [-0.1, -0.05) is 20.3 Å². The summed E-state index contributed by atoms with van der Waals surface area (Å²) in [6.45, 7) is 4.65. The third kappa shape index (κ3) is 2.62. The van der Waals surface area contributed by atoms with Crippen molar-refractivity contribution in [3.05, 3.63) is 12.5 Å². The summed E-state index contributed by atoms with van der Waals surface area (Å²) in [7, 11) is 0. The normalized spacial score (nSPS) is 24.0. The van der Waals surface area contributed by atoms with Gasteiger partial charge in [0.15, 0.2) is 5.82 Å². The minimum atomic E-state index is 0.428. The van der Waals surface area contributed by atoms with E-state index in [1.807, 2.05) is 0 Å². The molecule has 1 aromatic rings. The molecule has 0 spiro atoms. The molecule has 4 heteroatoms. The number of anilines is 2. The Balaban J connectivity index is 2.02. The van der Waals surface area contributed by atoms with Crippen molar-refractivity contribution in [2.24, 2.45) is 5.41 Å². The first-order valence-corrected chi connectivity index (χ1v) is 5.89. The van der Waals surface area contributed by atoms with Gasteiger partial charge in [-0.05, 0) is 24.7 Å². The van der Waals surface area contributed by atoms with Crippen molar-refractivity contribution >= 4 is 11.5 Å². The van der Waals surface area contributed by atoms with E-state index in [2.05, 4.69) is 29.1 Å². The van der Waals surface area contributed by atoms with E-state index in [0.29, 0.717) is 17.1 Å². The Morgan fingerprint density at radius 2 is 2.31 bits per heavy atom. The van der Waals surface area contributed by atoms with Gasteiger partial charge in [-0.3, -0.25) is 0 Å². The molecular formula is C12H20N4. The molecule has 1 fully saturated rings. The SMILES string of the molecule is CC1(C)CCCC(Nc2ncncc2N)C1. The maximum Gasteiger partial charge on any atom is 0.152 e. The van der Waals surface area contributed by atoms with Gasteiger partial charge in [-0.2, -0.15) is 0 Å². The Kier molecular flexibility index (Phi) is 2.99. The van der Waals surface area contributed by atoms with Crippen molar-refractivity contribution in [2.75, 3.05) is 11.1 Å². The van der Waals surface area contributed by atoms with Gasteiger partial charge in [0.25, 0.3) is 0 Å². The molecule has 88 valence electrons. The number of nitrogen functional groups attached to an aromatic ring is 1. The fraction of sp³-hybridized carbons (Fsp3) is 0.667. The molecular weight excluding hydrogens is 200 g/mol. The molecule has 0 aliphatic heterocycles. The summed E-state index contributed by atoms with van der Waals surface area (Å²) in [5.41, 5.74) is 6.88. The van der Waals surface area contributed by atoms with E-state index in [1.165, 1.54) is 32.0 Å². The number of hydrogen-bond donors (Lipinski definition) is 2. The van der Waals surface area contributed by atoms with E-state index in [4.69, 9.17) is 5.73 Å². The first-order valence-electron chi connectivity index (χ1n) is 5.89. The first kappa shape index (κ1) is 11.2. The number of hydrogen-bond acceptors (Lipinski definition) is 4. The second-order valence-corrected chi connectivity index (χ2v) is 5.43. The van der Waals surface area contributed by atoms with Gasteiger partial charge in [-0.25, -0.2) is 9.97 Å². The van der Waals surface area contributed by atoms with Crippen molar-refractivity contribution in [1.82, 2.24) is 9.97 Å². The summed E-state index contributed by atoms with van der Waals surface area (Å²) in [6.07, 6.45) is 8.14. The maximum atomic E-state index is 5.82. The minimum Gasteiger partial charge on any atom is -0.394 e. The minimum absolute atomic E-state index is 0.428. The number of rotatable bonds is 2. The third-order valence-corrected chi connectivity index (χ3v) is 3.29. The first-order chi connectivity index (χ1) is 7.57. The van der Waals surface area contributed by atoms with Crippen LogP contribution in [0.2, 0.25) is 0 Å². The molecule has 0 saturated heterocycles. The number of nitrogens with one attached hydrogen (secondary N) is 1. The third-order valence-electron chi connectivity index (χ3n) is 3.29. The van der Waals surface area contributed by atoms with E-state index in [-0.39, 0.29) is 0 Å². The van der Waals surface area contributed by atoms with E-state index in [9.17, 15) is 0 Å². The van der Waals surface area contributed by atoms with Crippen LogP contribution in [0.25, 0.3) is 0 Å². The summed E-state index contributed by atoms with van der Waals surface area (Å²) >= 11 is 0. The van der Waals surface area contributed by atoms with Crippen molar-refractivity contribution in [3.8, 4) is 0 Å². The fourth-order valence-corrected chi connectivity index (χ4v) is 2.48. The predicted octanol–water partition coefficient (Wildman–Crippen LogP) is 2.44. The topological polar surface area (TPSA) is 63.8 Å². The molecule has 0 bridgehead atoms. The number of nitrogens with two attached hydrogens (primary N) is 1. The van der Waals surface area contributed by atoms with E-state index < -0.39 is 0 Å². The van der Waals surface area contributed by atoms with Crippen molar-refractivity contribution in [2.45, 2.75) is 45.6 Å². The van der Waals surface area contributed by atoms with Gasteiger partial charge in [0.05, 0.1) is 11.9 Å². The summed E-state index contributed by atoms with van der Waals surface area (Å²) < 4.78 is 0. The van der Waals surface area contributed by atoms with Gasteiger partial charge in [0.1, 0.15) is 6.33 Å². The standard InChI is InChI=1S/C12H20N4/c1-12(2)5-3-4-9(6-12)16-11-10(13)7-14-8-15-11/h7-9H,3-6,13H2,1-2H3,(H,14,15,16). The van der Waals surface area contributed by atoms with E-state index >= 15 is 0 Å². The Bertz CT molecular complexity index is 362. The lowest BCUT2D eigenvalue weighted by molar-refractivity contribution is 0.229. The van der Waals surface area contributed by atoms with Crippen LogP contribution in [-0.4, -0.2) is 16.0 Å². The second-order valence-electron chi connectivity index (χ2n) is 5.43. The highest BCUT2D eigenvalue weighted by Crippen LogP contribution is 2.36. The van der Waals surface area contributed by atoms with Gasteiger partial charge < -0.3 is 11.1 Å². The van der Waals surface area contributed by atoms with Crippen LogP contribution in [0.1, 0.15) is 39.5 Å². The Hall–Kier alpha value is -1.32. The molecule has 0 radical (unpaired) electrons. The Labute approximate surface area is 96.7 Å². The summed E-state index contributed by atoms with van der Waals surface area (Å²) in [5.74, 6) is 0.776. The van der Waals surface area contributed by atoms with E-state index in [1.54, 1.807) is 6.20 Å². The average Bonchev–Trinajstić information content (AvgIpc) is 2.20. The van der Waals surface area contributed by atoms with Crippen LogP contribution in [0.3, 0.4) is 0 Å². The lowest BCUT2D eigenvalue weighted by atomic mass is 9.75. The molecule has 1 saturated carbocycles. The molecule has 1 aromatic heterocycles. The molecule has 3 N–H and O–H groups in total. The van der Waals surface area contributed by atoms with E-state index in [0.717, 1.165) is 5.82 Å². The summed E-state index contributed by atoms with van der Waals surface area (Å²) in [6, 6.07) is 0.487. The maximum absolute atomic E-state index is 5.82. The monoisotopic (exact) mass is 220 g/mol. The zero-order valence-corrected chi connectivity index (χ0v) is 10.0. The van der Waals surface area contributed by atoms with Crippen LogP contribution in [0.15, 0.2) is 12.5 Å². The highest BCUT2D eigenvalue weighted by molar-refractivity contribution is 5.59. The van der Waals surface area contributed by atoms with Crippen LogP contribution in [-0.2, 0) is 0 Å². The molecule has 1 unspecified atom stereocenters. The Morgan fingerprint density at radius 1 is 1.50 bits per heavy atom. The van der Waals surface area contributed by atoms with Crippen molar-refractivity contribution in [3.63, 3.8) is 0 Å². The van der Waals surface area contributed by atoms with Crippen LogP contribution < -0.4 is 11.1 Å². The highest BCUT2D eigenvalue weighted by atomic mass is 15.1.